The summed E-state index contributed by atoms with van der Waals surface area (Å²) >= 11 is 0. The van der Waals surface area contributed by atoms with Crippen LogP contribution in [0.15, 0.2) is 18.5 Å². The fourth-order valence-electron chi connectivity index (χ4n) is 2.01. The highest BCUT2D eigenvalue weighted by atomic mass is 16.5. The van der Waals surface area contributed by atoms with Crippen molar-refractivity contribution in [2.75, 3.05) is 30.8 Å². The van der Waals surface area contributed by atoms with E-state index >= 15 is 0 Å². The molecule has 0 amide bonds. The average molecular weight is 290 g/mol. The van der Waals surface area contributed by atoms with E-state index in [0.717, 1.165) is 0 Å². The molecule has 0 atom stereocenters. The molecule has 8 heteroatoms. The first-order valence-corrected chi connectivity index (χ1v) is 6.63. The van der Waals surface area contributed by atoms with Gasteiger partial charge in [-0.2, -0.15) is 4.68 Å². The van der Waals surface area contributed by atoms with E-state index in [4.69, 9.17) is 10.5 Å². The van der Waals surface area contributed by atoms with E-state index in [1.807, 2.05) is 18.7 Å². The Morgan fingerprint density at radius 2 is 1.95 bits per heavy atom. The molecule has 2 aromatic rings. The van der Waals surface area contributed by atoms with Gasteiger partial charge < -0.3 is 15.4 Å². The summed E-state index contributed by atoms with van der Waals surface area (Å²) in [5.74, 6) is 0.405. The lowest BCUT2D eigenvalue weighted by Crippen LogP contribution is -2.24. The van der Waals surface area contributed by atoms with Gasteiger partial charge in [0.2, 0.25) is 0 Å². The van der Waals surface area contributed by atoms with Crippen molar-refractivity contribution < 1.29 is 9.53 Å². The maximum atomic E-state index is 12.0. The molecule has 0 bridgehead atoms. The van der Waals surface area contributed by atoms with Gasteiger partial charge in [-0.15, -0.1) is 5.10 Å². The first kappa shape index (κ1) is 14.8. The summed E-state index contributed by atoms with van der Waals surface area (Å²) in [5, 5.41) is 4.38. The van der Waals surface area contributed by atoms with Crippen molar-refractivity contribution in [1.29, 1.82) is 0 Å². The number of rotatable bonds is 5. The number of nitrogens with zero attached hydrogens (tertiary/aromatic N) is 5. The monoisotopic (exact) mass is 290 g/mol. The number of hydrogen-bond acceptors (Lipinski definition) is 7. The molecule has 2 heterocycles. The van der Waals surface area contributed by atoms with Crippen LogP contribution < -0.4 is 10.6 Å². The molecule has 2 aromatic heterocycles. The van der Waals surface area contributed by atoms with E-state index in [1.165, 1.54) is 11.8 Å². The second kappa shape index (κ2) is 6.21. The Morgan fingerprint density at radius 1 is 1.33 bits per heavy atom. The molecule has 0 aliphatic rings. The summed E-state index contributed by atoms with van der Waals surface area (Å²) in [6.45, 7) is 5.32. The third-order valence-electron chi connectivity index (χ3n) is 3.10. The quantitative estimate of drug-likeness (QED) is 0.816. The van der Waals surface area contributed by atoms with Crippen LogP contribution in [0.2, 0.25) is 0 Å². The molecule has 0 unspecified atom stereocenters. The van der Waals surface area contributed by atoms with Crippen LogP contribution >= 0.6 is 0 Å². The predicted molar refractivity (Wildman–Crippen MR) is 78.5 cm³/mol. The molecule has 21 heavy (non-hydrogen) atoms. The Morgan fingerprint density at radius 3 is 2.48 bits per heavy atom. The number of nitrogens with two attached hydrogens (primary N) is 1. The number of esters is 1. The van der Waals surface area contributed by atoms with Crippen LogP contribution in [0.4, 0.5) is 11.6 Å². The lowest BCUT2D eigenvalue weighted by Gasteiger charge is -2.18. The molecule has 8 nitrogen and oxygen atoms in total. The summed E-state index contributed by atoms with van der Waals surface area (Å²) in [6, 6.07) is 1.69. The highest BCUT2D eigenvalue weighted by Crippen LogP contribution is 2.27. The minimum atomic E-state index is -0.531. The summed E-state index contributed by atoms with van der Waals surface area (Å²) in [7, 11) is 1.31. The number of methoxy groups -OCH3 is 1. The van der Waals surface area contributed by atoms with Crippen LogP contribution in [0.25, 0.3) is 5.95 Å². The van der Waals surface area contributed by atoms with Crippen LogP contribution in [0.1, 0.15) is 24.2 Å². The zero-order chi connectivity index (χ0) is 15.4. The van der Waals surface area contributed by atoms with Gasteiger partial charge in [0.15, 0.2) is 5.82 Å². The Bertz CT molecular complexity index is 621. The fraction of sp³-hybridized carbons (Fsp3) is 0.385. The van der Waals surface area contributed by atoms with Crippen molar-refractivity contribution in [3.63, 3.8) is 0 Å². The van der Waals surface area contributed by atoms with Gasteiger partial charge in [0.25, 0.3) is 5.95 Å². The summed E-state index contributed by atoms with van der Waals surface area (Å²) in [6.07, 6.45) is 3.16. The van der Waals surface area contributed by atoms with Crippen molar-refractivity contribution in [2.24, 2.45) is 0 Å². The van der Waals surface area contributed by atoms with E-state index in [2.05, 4.69) is 15.1 Å². The largest absolute Gasteiger partial charge is 0.465 e. The smallest absolute Gasteiger partial charge is 0.345 e. The van der Waals surface area contributed by atoms with Gasteiger partial charge in [-0.25, -0.2) is 14.8 Å². The lowest BCUT2D eigenvalue weighted by molar-refractivity contribution is 0.0602. The van der Waals surface area contributed by atoms with Gasteiger partial charge in [0.05, 0.1) is 7.11 Å². The lowest BCUT2D eigenvalue weighted by atomic mass is 10.2. The number of aromatic nitrogens is 4. The highest BCUT2D eigenvalue weighted by molar-refractivity contribution is 6.00. The molecule has 0 aliphatic heterocycles. The molecule has 0 fully saturated rings. The number of ether oxygens (including phenoxy) is 1. The van der Waals surface area contributed by atoms with Crippen LogP contribution in [-0.2, 0) is 4.74 Å². The molecule has 0 radical (unpaired) electrons. The van der Waals surface area contributed by atoms with Gasteiger partial charge in [-0.1, -0.05) is 0 Å². The van der Waals surface area contributed by atoms with E-state index in [0.29, 0.717) is 24.9 Å². The minimum absolute atomic E-state index is 0.162. The first-order chi connectivity index (χ1) is 10.1. The number of nitrogen functional groups attached to an aromatic ring is 1. The Hall–Kier alpha value is -2.64. The highest BCUT2D eigenvalue weighted by Gasteiger charge is 2.27. The summed E-state index contributed by atoms with van der Waals surface area (Å²) < 4.78 is 6.15. The molecule has 112 valence electrons. The standard InChI is InChI=1S/C13H18N6O2/c1-4-18(5-2)11-9(12(20)21-3)10(14)19(17-11)13-15-7-6-8-16-13/h6-8H,4-5,14H2,1-3H3. The zero-order valence-corrected chi connectivity index (χ0v) is 12.3. The number of anilines is 2. The maximum absolute atomic E-state index is 12.0. The van der Waals surface area contributed by atoms with E-state index in [9.17, 15) is 4.79 Å². The van der Waals surface area contributed by atoms with E-state index < -0.39 is 5.97 Å². The van der Waals surface area contributed by atoms with Gasteiger partial charge in [0, 0.05) is 25.5 Å². The predicted octanol–water partition coefficient (Wildman–Crippen LogP) is 0.877. The molecule has 2 rings (SSSR count). The SMILES string of the molecule is CCN(CC)c1nn(-c2ncccn2)c(N)c1C(=O)OC. The third-order valence-corrected chi connectivity index (χ3v) is 3.10. The Kier molecular flexibility index (Phi) is 4.36. The first-order valence-electron chi connectivity index (χ1n) is 6.63. The van der Waals surface area contributed by atoms with Crippen molar-refractivity contribution >= 4 is 17.6 Å². The second-order valence-electron chi connectivity index (χ2n) is 4.21. The van der Waals surface area contributed by atoms with Crippen molar-refractivity contribution in [3.05, 3.63) is 24.0 Å². The van der Waals surface area contributed by atoms with Gasteiger partial charge in [0.1, 0.15) is 11.4 Å². The summed E-state index contributed by atoms with van der Waals surface area (Å²) in [4.78, 5) is 22.1. The third kappa shape index (κ3) is 2.64. The normalized spacial score (nSPS) is 10.4. The van der Waals surface area contributed by atoms with Crippen molar-refractivity contribution in [2.45, 2.75) is 13.8 Å². The second-order valence-corrected chi connectivity index (χ2v) is 4.21. The Balaban J connectivity index is 2.62. The van der Waals surface area contributed by atoms with E-state index in [1.54, 1.807) is 18.5 Å². The van der Waals surface area contributed by atoms with Gasteiger partial charge in [-0.05, 0) is 19.9 Å². The Labute approximate surface area is 122 Å². The van der Waals surface area contributed by atoms with Crippen LogP contribution in [-0.4, -0.2) is 45.9 Å². The molecule has 0 saturated heterocycles. The van der Waals surface area contributed by atoms with Crippen LogP contribution in [0.5, 0.6) is 0 Å². The van der Waals surface area contributed by atoms with Crippen molar-refractivity contribution in [1.82, 2.24) is 19.7 Å². The molecule has 2 N–H and O–H groups in total. The molecule has 0 spiro atoms. The molecular weight excluding hydrogens is 272 g/mol. The van der Waals surface area contributed by atoms with Gasteiger partial charge >= 0.3 is 5.97 Å². The number of hydrogen-bond donors (Lipinski definition) is 1. The minimum Gasteiger partial charge on any atom is -0.465 e. The fourth-order valence-corrected chi connectivity index (χ4v) is 2.01. The number of carbonyl (C=O) groups excluding carboxylic acids is 1. The van der Waals surface area contributed by atoms with Crippen LogP contribution in [0, 0.1) is 0 Å². The van der Waals surface area contributed by atoms with Crippen molar-refractivity contribution in [3.8, 4) is 5.95 Å². The van der Waals surface area contributed by atoms with Crippen LogP contribution in [0.3, 0.4) is 0 Å². The van der Waals surface area contributed by atoms with Gasteiger partial charge in [-0.3, -0.25) is 0 Å². The number of carbonyl (C=O) groups is 1. The summed E-state index contributed by atoms with van der Waals surface area (Å²) in [5.41, 5.74) is 6.28. The van der Waals surface area contributed by atoms with E-state index in [-0.39, 0.29) is 11.4 Å². The molecule has 0 aromatic carbocycles. The molecule has 0 aliphatic carbocycles. The maximum Gasteiger partial charge on any atom is 0.345 e. The zero-order valence-electron chi connectivity index (χ0n) is 12.3. The topological polar surface area (TPSA) is 99.2 Å². The molecular formula is C13H18N6O2. The molecule has 0 saturated carbocycles. The average Bonchev–Trinajstić information content (AvgIpc) is 2.86.